The Morgan fingerprint density at radius 1 is 1.18 bits per heavy atom. The topological polar surface area (TPSA) is 41.1 Å². The number of hydrogen-bond acceptors (Lipinski definition) is 2. The van der Waals surface area contributed by atoms with Crippen molar-refractivity contribution in [1.82, 2.24) is 10.6 Å². The van der Waals surface area contributed by atoms with Crippen LogP contribution < -0.4 is 10.6 Å². The summed E-state index contributed by atoms with van der Waals surface area (Å²) in [6.45, 7) is 15.1. The minimum Gasteiger partial charge on any atom is -0.352 e. The summed E-state index contributed by atoms with van der Waals surface area (Å²) in [6, 6.07) is 0.565. The highest BCUT2D eigenvalue weighted by Crippen LogP contribution is 2.62. The highest BCUT2D eigenvalue weighted by Gasteiger charge is 2.64. The summed E-state index contributed by atoms with van der Waals surface area (Å²) in [5, 5.41) is 6.47. The molecule has 1 rings (SSSR count). The van der Waals surface area contributed by atoms with Crippen molar-refractivity contribution in [3.8, 4) is 0 Å². The largest absolute Gasteiger partial charge is 0.352 e. The van der Waals surface area contributed by atoms with Gasteiger partial charge in [-0.2, -0.15) is 0 Å². The predicted octanol–water partition coefficient (Wildman–Crippen LogP) is 2.31. The van der Waals surface area contributed by atoms with Crippen molar-refractivity contribution in [2.45, 2.75) is 73.0 Å². The molecule has 0 aromatic rings. The molecule has 0 heterocycles. The van der Waals surface area contributed by atoms with Gasteiger partial charge in [0.05, 0.1) is 6.04 Å². The number of rotatable bonds is 5. The smallest absolute Gasteiger partial charge is 0.237 e. The molecule has 0 spiro atoms. The van der Waals surface area contributed by atoms with Gasteiger partial charge in [-0.1, -0.05) is 34.6 Å². The Labute approximate surface area is 106 Å². The van der Waals surface area contributed by atoms with Gasteiger partial charge in [0.1, 0.15) is 0 Å². The Morgan fingerprint density at radius 3 is 2.00 bits per heavy atom. The fraction of sp³-hybridized carbons (Fsp3) is 0.929. The molecule has 1 fully saturated rings. The summed E-state index contributed by atoms with van der Waals surface area (Å²) in [5.41, 5.74) is 0.551. The molecule has 1 aliphatic carbocycles. The van der Waals surface area contributed by atoms with Crippen LogP contribution in [0, 0.1) is 10.8 Å². The molecule has 3 heteroatoms. The van der Waals surface area contributed by atoms with Crippen molar-refractivity contribution in [2.24, 2.45) is 10.8 Å². The average Bonchev–Trinajstić information content (AvgIpc) is 2.60. The molecule has 0 saturated heterocycles. The lowest BCUT2D eigenvalue weighted by molar-refractivity contribution is -0.123. The Kier molecular flexibility index (Phi) is 3.92. The molecule has 17 heavy (non-hydrogen) atoms. The van der Waals surface area contributed by atoms with Crippen molar-refractivity contribution in [3.63, 3.8) is 0 Å². The Balaban J connectivity index is 2.46. The minimum atomic E-state index is -0.116. The second-order valence-corrected chi connectivity index (χ2v) is 6.58. The molecule has 1 aliphatic rings. The predicted molar refractivity (Wildman–Crippen MR) is 71.8 cm³/mol. The molecular formula is C14H28N2O. The quantitative estimate of drug-likeness (QED) is 0.774. The van der Waals surface area contributed by atoms with E-state index in [4.69, 9.17) is 0 Å². The maximum atomic E-state index is 11.9. The number of nitrogens with one attached hydrogen (secondary N) is 2. The lowest BCUT2D eigenvalue weighted by Gasteiger charge is -2.18. The molecule has 0 aliphatic heterocycles. The zero-order chi connectivity index (χ0) is 13.4. The average molecular weight is 240 g/mol. The van der Waals surface area contributed by atoms with E-state index in [-0.39, 0.29) is 28.8 Å². The third kappa shape index (κ3) is 2.65. The van der Waals surface area contributed by atoms with Crippen LogP contribution in [0.3, 0.4) is 0 Å². The van der Waals surface area contributed by atoms with E-state index in [1.54, 1.807) is 0 Å². The molecule has 2 unspecified atom stereocenters. The van der Waals surface area contributed by atoms with Crippen LogP contribution in [0.15, 0.2) is 0 Å². The highest BCUT2D eigenvalue weighted by molar-refractivity contribution is 5.81. The molecule has 0 radical (unpaired) electrons. The number of carbonyl (C=O) groups excluding carboxylic acids is 1. The highest BCUT2D eigenvalue weighted by atomic mass is 16.2. The van der Waals surface area contributed by atoms with Crippen LogP contribution >= 0.6 is 0 Å². The fourth-order valence-electron chi connectivity index (χ4n) is 2.41. The van der Waals surface area contributed by atoms with E-state index in [2.05, 4.69) is 45.3 Å². The van der Waals surface area contributed by atoms with Crippen molar-refractivity contribution in [1.29, 1.82) is 0 Å². The number of carbonyl (C=O) groups is 1. The molecule has 100 valence electrons. The molecule has 1 saturated carbocycles. The van der Waals surface area contributed by atoms with Gasteiger partial charge in [-0.05, 0) is 31.1 Å². The summed E-state index contributed by atoms with van der Waals surface area (Å²) in [5.74, 6) is 0.109. The van der Waals surface area contributed by atoms with Gasteiger partial charge in [0.2, 0.25) is 5.91 Å². The van der Waals surface area contributed by atoms with Crippen LogP contribution in [0.2, 0.25) is 0 Å². The second-order valence-electron chi connectivity index (χ2n) is 6.58. The summed E-state index contributed by atoms with van der Waals surface area (Å²) in [4.78, 5) is 11.9. The van der Waals surface area contributed by atoms with E-state index in [0.29, 0.717) is 6.04 Å². The summed E-state index contributed by atoms with van der Waals surface area (Å²) in [7, 11) is 0. The van der Waals surface area contributed by atoms with E-state index in [9.17, 15) is 4.79 Å². The summed E-state index contributed by atoms with van der Waals surface area (Å²) >= 11 is 0. The van der Waals surface area contributed by atoms with Gasteiger partial charge in [0.25, 0.3) is 0 Å². The lowest BCUT2D eigenvalue weighted by Crippen LogP contribution is -2.47. The maximum absolute atomic E-state index is 11.9. The standard InChI is InChI=1S/C14H28N2O/c1-8-9(2)15-11(17)10(3)16-12-13(4,5)14(12,6)7/h9-10,12,16H,8H2,1-7H3,(H,15,17). The molecule has 0 bridgehead atoms. The third-order valence-electron chi connectivity index (χ3n) is 4.83. The fourth-order valence-corrected chi connectivity index (χ4v) is 2.41. The van der Waals surface area contributed by atoms with E-state index in [1.165, 1.54) is 0 Å². The zero-order valence-corrected chi connectivity index (χ0v) is 12.3. The SMILES string of the molecule is CCC(C)NC(=O)C(C)NC1C(C)(C)C1(C)C. The molecule has 0 aromatic heterocycles. The van der Waals surface area contributed by atoms with Gasteiger partial charge in [-0.3, -0.25) is 4.79 Å². The van der Waals surface area contributed by atoms with Gasteiger partial charge in [0.15, 0.2) is 0 Å². The summed E-state index contributed by atoms with van der Waals surface area (Å²) in [6.07, 6.45) is 0.971. The maximum Gasteiger partial charge on any atom is 0.237 e. The third-order valence-corrected chi connectivity index (χ3v) is 4.83. The Morgan fingerprint density at radius 2 is 1.65 bits per heavy atom. The van der Waals surface area contributed by atoms with E-state index >= 15 is 0 Å². The lowest BCUT2D eigenvalue weighted by atomic mass is 10.0. The van der Waals surface area contributed by atoms with Gasteiger partial charge >= 0.3 is 0 Å². The van der Waals surface area contributed by atoms with Crippen molar-refractivity contribution in [2.75, 3.05) is 0 Å². The Bertz CT molecular complexity index is 283. The molecule has 3 nitrogen and oxygen atoms in total. The van der Waals surface area contributed by atoms with Gasteiger partial charge in [0, 0.05) is 12.1 Å². The second kappa shape index (κ2) is 4.60. The number of hydrogen-bond donors (Lipinski definition) is 2. The first-order valence-corrected chi connectivity index (χ1v) is 6.71. The van der Waals surface area contributed by atoms with Crippen LogP contribution in [0.25, 0.3) is 0 Å². The van der Waals surface area contributed by atoms with Crippen LogP contribution in [-0.2, 0) is 4.79 Å². The van der Waals surface area contributed by atoms with Crippen LogP contribution in [0.4, 0.5) is 0 Å². The Hall–Kier alpha value is -0.570. The van der Waals surface area contributed by atoms with Crippen molar-refractivity contribution in [3.05, 3.63) is 0 Å². The normalized spacial score (nSPS) is 25.1. The molecule has 2 atom stereocenters. The van der Waals surface area contributed by atoms with Gasteiger partial charge < -0.3 is 10.6 Å². The first-order chi connectivity index (χ1) is 7.64. The minimum absolute atomic E-state index is 0.109. The van der Waals surface area contributed by atoms with Crippen LogP contribution in [0.5, 0.6) is 0 Å². The molecule has 1 amide bonds. The first kappa shape index (κ1) is 14.5. The zero-order valence-electron chi connectivity index (χ0n) is 12.3. The van der Waals surface area contributed by atoms with Crippen molar-refractivity contribution < 1.29 is 4.79 Å². The molecular weight excluding hydrogens is 212 g/mol. The molecule has 2 N–H and O–H groups in total. The van der Waals surface area contributed by atoms with E-state index < -0.39 is 0 Å². The molecule has 0 aromatic carbocycles. The summed E-state index contributed by atoms with van der Waals surface area (Å²) < 4.78 is 0. The first-order valence-electron chi connectivity index (χ1n) is 6.71. The number of amides is 1. The van der Waals surface area contributed by atoms with Crippen LogP contribution in [0.1, 0.15) is 54.9 Å². The van der Waals surface area contributed by atoms with Crippen molar-refractivity contribution >= 4 is 5.91 Å². The van der Waals surface area contributed by atoms with Crippen LogP contribution in [-0.4, -0.2) is 24.0 Å². The van der Waals surface area contributed by atoms with Gasteiger partial charge in [-0.15, -0.1) is 0 Å². The van der Waals surface area contributed by atoms with E-state index in [0.717, 1.165) is 6.42 Å². The van der Waals surface area contributed by atoms with Gasteiger partial charge in [-0.25, -0.2) is 0 Å². The van der Waals surface area contributed by atoms with E-state index in [1.807, 2.05) is 13.8 Å². The monoisotopic (exact) mass is 240 g/mol.